The Kier molecular flexibility index (Phi) is 2.02. The summed E-state index contributed by atoms with van der Waals surface area (Å²) in [6.07, 6.45) is 0.476. The third-order valence-corrected chi connectivity index (χ3v) is 2.63. The molecular formula is C9H18O3. The highest BCUT2D eigenvalue weighted by atomic mass is 16.6. The molecule has 0 spiro atoms. The van der Waals surface area contributed by atoms with E-state index < -0.39 is 11.2 Å². The van der Waals surface area contributed by atoms with E-state index in [1.165, 1.54) is 0 Å². The number of rotatable bonds is 1. The smallest absolute Gasteiger partial charge is 0.119 e. The van der Waals surface area contributed by atoms with Gasteiger partial charge in [0.25, 0.3) is 0 Å². The number of hydrogen-bond donors (Lipinski definition) is 2. The molecule has 0 radical (unpaired) electrons. The van der Waals surface area contributed by atoms with Gasteiger partial charge in [-0.2, -0.15) is 0 Å². The van der Waals surface area contributed by atoms with Crippen LogP contribution in [0.1, 0.15) is 34.1 Å². The highest BCUT2D eigenvalue weighted by Gasteiger charge is 2.55. The van der Waals surface area contributed by atoms with E-state index in [-0.39, 0.29) is 12.2 Å². The van der Waals surface area contributed by atoms with Crippen LogP contribution in [0.5, 0.6) is 0 Å². The van der Waals surface area contributed by atoms with E-state index in [4.69, 9.17) is 9.84 Å². The van der Waals surface area contributed by atoms with Gasteiger partial charge in [0.1, 0.15) is 5.60 Å². The van der Waals surface area contributed by atoms with Gasteiger partial charge in [0.05, 0.1) is 17.8 Å². The summed E-state index contributed by atoms with van der Waals surface area (Å²) in [4.78, 5) is 0. The molecule has 1 aliphatic rings. The van der Waals surface area contributed by atoms with Gasteiger partial charge in [0.2, 0.25) is 0 Å². The van der Waals surface area contributed by atoms with Gasteiger partial charge < -0.3 is 14.9 Å². The first-order valence-corrected chi connectivity index (χ1v) is 4.26. The van der Waals surface area contributed by atoms with Crippen molar-refractivity contribution < 1.29 is 14.9 Å². The Balaban J connectivity index is 2.92. The minimum atomic E-state index is -1.10. The van der Waals surface area contributed by atoms with E-state index in [0.717, 1.165) is 0 Å². The van der Waals surface area contributed by atoms with Crippen molar-refractivity contribution in [3.63, 3.8) is 0 Å². The second kappa shape index (κ2) is 2.44. The molecule has 3 nitrogen and oxygen atoms in total. The van der Waals surface area contributed by atoms with Gasteiger partial charge >= 0.3 is 0 Å². The first kappa shape index (κ1) is 9.96. The lowest BCUT2D eigenvalue weighted by Gasteiger charge is -2.33. The zero-order valence-corrected chi connectivity index (χ0v) is 8.22. The summed E-state index contributed by atoms with van der Waals surface area (Å²) in [7, 11) is 0. The van der Waals surface area contributed by atoms with E-state index in [1.807, 2.05) is 13.8 Å². The Morgan fingerprint density at radius 1 is 1.25 bits per heavy atom. The predicted molar refractivity (Wildman–Crippen MR) is 45.9 cm³/mol. The van der Waals surface area contributed by atoms with Crippen LogP contribution >= 0.6 is 0 Å². The maximum atomic E-state index is 9.99. The highest BCUT2D eigenvalue weighted by molar-refractivity contribution is 5.05. The number of aliphatic hydroxyl groups is 2. The van der Waals surface area contributed by atoms with Gasteiger partial charge in [-0.25, -0.2) is 0 Å². The largest absolute Gasteiger partial charge is 0.393 e. The van der Waals surface area contributed by atoms with Crippen molar-refractivity contribution in [2.45, 2.75) is 50.9 Å². The molecule has 2 N–H and O–H groups in total. The van der Waals surface area contributed by atoms with Crippen LogP contribution in [0, 0.1) is 0 Å². The average molecular weight is 174 g/mol. The van der Waals surface area contributed by atoms with E-state index in [2.05, 4.69) is 0 Å². The lowest BCUT2D eigenvalue weighted by atomic mass is 9.83. The lowest BCUT2D eigenvalue weighted by molar-refractivity contribution is -0.140. The monoisotopic (exact) mass is 174 g/mol. The Hall–Kier alpha value is -0.120. The zero-order valence-electron chi connectivity index (χ0n) is 8.22. The van der Waals surface area contributed by atoms with Gasteiger partial charge in [-0.1, -0.05) is 0 Å². The SMILES string of the molecule is CC1(C)CC(O)(CO)C(C)(C)O1. The molecule has 0 aliphatic carbocycles. The van der Waals surface area contributed by atoms with Crippen LogP contribution < -0.4 is 0 Å². The van der Waals surface area contributed by atoms with Crippen LogP contribution in [-0.2, 0) is 4.74 Å². The summed E-state index contributed by atoms with van der Waals surface area (Å²) < 4.78 is 5.63. The molecule has 0 bridgehead atoms. The first-order chi connectivity index (χ1) is 5.22. The van der Waals surface area contributed by atoms with Crippen LogP contribution in [0.3, 0.4) is 0 Å². The molecule has 1 atom stereocenters. The molecule has 1 saturated heterocycles. The minimum absolute atomic E-state index is 0.247. The topological polar surface area (TPSA) is 49.7 Å². The Morgan fingerprint density at radius 2 is 1.75 bits per heavy atom. The molecule has 1 rings (SSSR count). The van der Waals surface area contributed by atoms with Crippen molar-refractivity contribution in [1.82, 2.24) is 0 Å². The van der Waals surface area contributed by atoms with E-state index in [1.54, 1.807) is 13.8 Å². The number of aliphatic hydroxyl groups excluding tert-OH is 1. The normalized spacial score (nSPS) is 38.5. The summed E-state index contributed by atoms with van der Waals surface area (Å²) in [5, 5.41) is 19.1. The van der Waals surface area contributed by atoms with Crippen molar-refractivity contribution in [2.24, 2.45) is 0 Å². The Bertz CT molecular complexity index is 186. The summed E-state index contributed by atoms with van der Waals surface area (Å²) in [5.41, 5.74) is -2.11. The Labute approximate surface area is 73.4 Å². The molecule has 1 fully saturated rings. The van der Waals surface area contributed by atoms with Crippen LogP contribution in [0.25, 0.3) is 0 Å². The second-order valence-corrected chi connectivity index (χ2v) is 4.74. The van der Waals surface area contributed by atoms with Crippen molar-refractivity contribution in [1.29, 1.82) is 0 Å². The fourth-order valence-electron chi connectivity index (χ4n) is 1.99. The molecule has 3 heteroatoms. The summed E-state index contributed by atoms with van der Waals surface area (Å²) >= 11 is 0. The molecule has 0 saturated carbocycles. The molecule has 1 unspecified atom stereocenters. The van der Waals surface area contributed by atoms with Crippen LogP contribution in [0.2, 0.25) is 0 Å². The van der Waals surface area contributed by atoms with E-state index in [9.17, 15) is 5.11 Å². The maximum Gasteiger partial charge on any atom is 0.119 e. The molecule has 1 aliphatic heterocycles. The quantitative estimate of drug-likeness (QED) is 0.615. The van der Waals surface area contributed by atoms with Crippen LogP contribution in [0.4, 0.5) is 0 Å². The van der Waals surface area contributed by atoms with Crippen molar-refractivity contribution in [3.05, 3.63) is 0 Å². The number of ether oxygens (including phenoxy) is 1. The zero-order chi connectivity index (χ0) is 9.62. The molecule has 0 aromatic rings. The number of hydrogen-bond acceptors (Lipinski definition) is 3. The minimum Gasteiger partial charge on any atom is -0.393 e. The molecule has 72 valence electrons. The van der Waals surface area contributed by atoms with Crippen molar-refractivity contribution in [3.8, 4) is 0 Å². The molecular weight excluding hydrogens is 156 g/mol. The van der Waals surface area contributed by atoms with Gasteiger partial charge in [-0.15, -0.1) is 0 Å². The van der Waals surface area contributed by atoms with Gasteiger partial charge in [0, 0.05) is 6.42 Å². The van der Waals surface area contributed by atoms with Crippen molar-refractivity contribution >= 4 is 0 Å². The lowest BCUT2D eigenvalue weighted by Crippen LogP contribution is -2.49. The average Bonchev–Trinajstić information content (AvgIpc) is 1.98. The standard InChI is InChI=1S/C9H18O3/c1-7(2)5-9(11,6-10)8(3,4)12-7/h10-11H,5-6H2,1-4H3. The third kappa shape index (κ3) is 1.37. The summed E-state index contributed by atoms with van der Waals surface area (Å²) in [6.45, 7) is 7.20. The van der Waals surface area contributed by atoms with Gasteiger partial charge in [-0.05, 0) is 27.7 Å². The summed E-state index contributed by atoms with van der Waals surface area (Å²) in [5.74, 6) is 0. The van der Waals surface area contributed by atoms with E-state index in [0.29, 0.717) is 6.42 Å². The van der Waals surface area contributed by atoms with Crippen molar-refractivity contribution in [2.75, 3.05) is 6.61 Å². The maximum absolute atomic E-state index is 9.99. The fraction of sp³-hybridized carbons (Fsp3) is 1.00. The molecule has 12 heavy (non-hydrogen) atoms. The fourth-order valence-corrected chi connectivity index (χ4v) is 1.99. The van der Waals surface area contributed by atoms with Gasteiger partial charge in [0.15, 0.2) is 0 Å². The van der Waals surface area contributed by atoms with Gasteiger partial charge in [-0.3, -0.25) is 0 Å². The predicted octanol–water partition coefficient (Wildman–Crippen LogP) is 0.687. The van der Waals surface area contributed by atoms with Crippen LogP contribution in [0.15, 0.2) is 0 Å². The second-order valence-electron chi connectivity index (χ2n) is 4.74. The molecule has 1 heterocycles. The third-order valence-electron chi connectivity index (χ3n) is 2.63. The molecule has 0 amide bonds. The summed E-state index contributed by atoms with van der Waals surface area (Å²) in [6, 6.07) is 0. The van der Waals surface area contributed by atoms with E-state index >= 15 is 0 Å². The molecule has 0 aromatic carbocycles. The highest BCUT2D eigenvalue weighted by Crippen LogP contribution is 2.44. The first-order valence-electron chi connectivity index (χ1n) is 4.26. The molecule has 0 aromatic heterocycles. The Morgan fingerprint density at radius 3 is 1.92 bits per heavy atom. The van der Waals surface area contributed by atoms with Crippen LogP contribution in [-0.4, -0.2) is 33.6 Å².